The molecule has 142 valence electrons. The van der Waals surface area contributed by atoms with Gasteiger partial charge in [-0.1, -0.05) is 63.4 Å². The van der Waals surface area contributed by atoms with E-state index in [0.717, 1.165) is 43.3 Å². The van der Waals surface area contributed by atoms with Gasteiger partial charge in [-0.2, -0.15) is 0 Å². The average Bonchev–Trinajstić information content (AvgIpc) is 2.67. The van der Waals surface area contributed by atoms with Crippen molar-refractivity contribution in [3.8, 4) is 0 Å². The Morgan fingerprint density at radius 1 is 0.893 bits per heavy atom. The molecule has 0 heterocycles. The molecule has 3 aromatic rings. The number of benzene rings is 3. The van der Waals surface area contributed by atoms with Crippen LogP contribution in [-0.2, 0) is 0 Å². The number of nitrogens with one attached hydrogen (secondary N) is 1. The van der Waals surface area contributed by atoms with Crippen molar-refractivity contribution >= 4 is 62.4 Å². The molecule has 0 unspecified atom stereocenters. The molecular formula is C23H19BrCl2N2. The first-order valence-electron chi connectivity index (χ1n) is 8.72. The van der Waals surface area contributed by atoms with Gasteiger partial charge in [0.05, 0.1) is 5.69 Å². The van der Waals surface area contributed by atoms with Gasteiger partial charge in [-0.25, -0.2) is 0 Å². The number of aryl methyl sites for hydroxylation is 2. The van der Waals surface area contributed by atoms with E-state index in [9.17, 15) is 0 Å². The van der Waals surface area contributed by atoms with E-state index in [4.69, 9.17) is 23.2 Å². The first-order chi connectivity index (χ1) is 13.4. The number of anilines is 1. The molecular weight excluding hydrogens is 455 g/mol. The number of rotatable bonds is 5. The monoisotopic (exact) mass is 472 g/mol. The molecule has 5 heteroatoms. The Labute approximate surface area is 184 Å². The topological polar surface area (TPSA) is 24.4 Å². The summed E-state index contributed by atoms with van der Waals surface area (Å²) in [6.45, 7) is 3.95. The zero-order chi connectivity index (χ0) is 20.1. The first-order valence-corrected chi connectivity index (χ1v) is 10.3. The minimum atomic E-state index is 0.708. The summed E-state index contributed by atoms with van der Waals surface area (Å²) in [6, 6.07) is 19.8. The van der Waals surface area contributed by atoms with Gasteiger partial charge in [0.1, 0.15) is 0 Å². The summed E-state index contributed by atoms with van der Waals surface area (Å²) in [4.78, 5) is 4.50. The maximum Gasteiger partial charge on any atom is 0.0644 e. The molecule has 0 fully saturated rings. The van der Waals surface area contributed by atoms with Crippen LogP contribution in [0.3, 0.4) is 0 Å². The maximum atomic E-state index is 6.27. The number of halogens is 3. The van der Waals surface area contributed by atoms with Crippen molar-refractivity contribution in [1.29, 1.82) is 0 Å². The van der Waals surface area contributed by atoms with Gasteiger partial charge in [0.15, 0.2) is 0 Å². The fourth-order valence-electron chi connectivity index (χ4n) is 2.53. The van der Waals surface area contributed by atoms with Gasteiger partial charge in [-0.3, -0.25) is 4.99 Å². The second-order valence-corrected chi connectivity index (χ2v) is 8.12. The third-order valence-corrected chi connectivity index (χ3v) is 5.57. The van der Waals surface area contributed by atoms with E-state index < -0.39 is 0 Å². The van der Waals surface area contributed by atoms with Crippen molar-refractivity contribution in [3.63, 3.8) is 0 Å². The van der Waals surface area contributed by atoms with Crippen LogP contribution in [0.2, 0.25) is 10.0 Å². The Morgan fingerprint density at radius 3 is 2.18 bits per heavy atom. The molecule has 1 N–H and O–H groups in total. The second-order valence-electron chi connectivity index (χ2n) is 6.39. The van der Waals surface area contributed by atoms with E-state index in [-0.39, 0.29) is 0 Å². The Kier molecular flexibility index (Phi) is 6.95. The molecule has 0 aromatic heterocycles. The van der Waals surface area contributed by atoms with E-state index >= 15 is 0 Å². The fourth-order valence-corrected chi connectivity index (χ4v) is 3.15. The second kappa shape index (κ2) is 9.42. The van der Waals surface area contributed by atoms with E-state index in [2.05, 4.69) is 26.2 Å². The Balaban J connectivity index is 1.91. The maximum absolute atomic E-state index is 6.27. The summed E-state index contributed by atoms with van der Waals surface area (Å²) in [5, 5.41) is 4.87. The fraction of sp³-hybridized carbons (Fsp3) is 0.0870. The molecule has 0 aliphatic heterocycles. The summed E-state index contributed by atoms with van der Waals surface area (Å²) in [5.74, 6) is 0. The standard InChI is InChI=1S/C23H19BrCl2N2/c1-15-3-9-19(13-21(15)25)27-12-11-23(17-5-7-18(24)8-6-17)28-20-10-4-16(2)22(26)14-20/h3-14,28H,1-2H3. The molecule has 28 heavy (non-hydrogen) atoms. The van der Waals surface area contributed by atoms with Gasteiger partial charge >= 0.3 is 0 Å². The Morgan fingerprint density at radius 2 is 1.54 bits per heavy atom. The normalized spacial score (nSPS) is 11.8. The smallest absolute Gasteiger partial charge is 0.0644 e. The van der Waals surface area contributed by atoms with Gasteiger partial charge in [-0.15, -0.1) is 0 Å². The highest BCUT2D eigenvalue weighted by Crippen LogP contribution is 2.25. The molecule has 0 amide bonds. The predicted molar refractivity (Wildman–Crippen MR) is 126 cm³/mol. The van der Waals surface area contributed by atoms with Crippen molar-refractivity contribution in [2.45, 2.75) is 13.8 Å². The minimum Gasteiger partial charge on any atom is -0.355 e. The highest BCUT2D eigenvalue weighted by atomic mass is 79.9. The molecule has 2 nitrogen and oxygen atoms in total. The van der Waals surface area contributed by atoms with Crippen LogP contribution in [0.15, 0.2) is 76.2 Å². The van der Waals surface area contributed by atoms with Crippen LogP contribution >= 0.6 is 39.1 Å². The van der Waals surface area contributed by atoms with E-state index in [0.29, 0.717) is 5.02 Å². The summed E-state index contributed by atoms with van der Waals surface area (Å²) in [6.07, 6.45) is 3.70. The van der Waals surface area contributed by atoms with E-state index in [1.165, 1.54) is 0 Å². The summed E-state index contributed by atoms with van der Waals surface area (Å²) in [7, 11) is 0. The largest absolute Gasteiger partial charge is 0.355 e. The molecule has 0 aliphatic carbocycles. The Bertz CT molecular complexity index is 1040. The van der Waals surface area contributed by atoms with Gasteiger partial charge in [0.25, 0.3) is 0 Å². The molecule has 3 aromatic carbocycles. The van der Waals surface area contributed by atoms with Crippen LogP contribution in [-0.4, -0.2) is 6.21 Å². The number of nitrogens with zero attached hydrogens (tertiary/aromatic N) is 1. The van der Waals surface area contributed by atoms with Crippen LogP contribution in [0.4, 0.5) is 11.4 Å². The Hall–Kier alpha value is -2.07. The molecule has 0 bridgehead atoms. The van der Waals surface area contributed by atoms with Gasteiger partial charge in [-0.05, 0) is 73.0 Å². The van der Waals surface area contributed by atoms with Crippen LogP contribution in [0.25, 0.3) is 5.70 Å². The summed E-state index contributed by atoms with van der Waals surface area (Å²) in [5.41, 5.74) is 5.74. The summed E-state index contributed by atoms with van der Waals surface area (Å²) >= 11 is 15.9. The molecule has 3 rings (SSSR count). The quantitative estimate of drug-likeness (QED) is 0.370. The zero-order valence-corrected chi connectivity index (χ0v) is 18.6. The number of aliphatic imine (C=N–C) groups is 1. The van der Waals surface area contributed by atoms with Crippen LogP contribution in [0.5, 0.6) is 0 Å². The number of hydrogen-bond acceptors (Lipinski definition) is 2. The van der Waals surface area contributed by atoms with Crippen molar-refractivity contribution in [2.75, 3.05) is 5.32 Å². The SMILES string of the molecule is Cc1ccc(N=CC=C(Nc2ccc(C)c(Cl)c2)c2ccc(Br)cc2)cc1Cl. The van der Waals surface area contributed by atoms with Crippen molar-refractivity contribution in [3.05, 3.63) is 97.9 Å². The molecule has 0 atom stereocenters. The third kappa shape index (κ3) is 5.48. The molecule has 0 spiro atoms. The van der Waals surface area contributed by atoms with E-state index in [1.807, 2.05) is 80.6 Å². The van der Waals surface area contributed by atoms with Crippen LogP contribution < -0.4 is 5.32 Å². The molecule has 0 saturated carbocycles. The zero-order valence-electron chi connectivity index (χ0n) is 15.5. The van der Waals surface area contributed by atoms with Crippen LogP contribution in [0.1, 0.15) is 16.7 Å². The van der Waals surface area contributed by atoms with Crippen molar-refractivity contribution < 1.29 is 0 Å². The molecule has 0 radical (unpaired) electrons. The lowest BCUT2D eigenvalue weighted by Crippen LogP contribution is -1.99. The van der Waals surface area contributed by atoms with Crippen molar-refractivity contribution in [1.82, 2.24) is 0 Å². The lowest BCUT2D eigenvalue weighted by molar-refractivity contribution is 1.44. The summed E-state index contributed by atoms with van der Waals surface area (Å²) < 4.78 is 1.02. The highest BCUT2D eigenvalue weighted by Gasteiger charge is 2.04. The average molecular weight is 474 g/mol. The predicted octanol–water partition coefficient (Wildman–Crippen LogP) is 8.23. The molecule has 0 aliphatic rings. The van der Waals surface area contributed by atoms with Crippen molar-refractivity contribution in [2.24, 2.45) is 4.99 Å². The first kappa shape index (κ1) is 20.7. The van der Waals surface area contributed by atoms with E-state index in [1.54, 1.807) is 6.21 Å². The third-order valence-electron chi connectivity index (χ3n) is 4.23. The molecule has 0 saturated heterocycles. The van der Waals surface area contributed by atoms with Gasteiger partial charge < -0.3 is 5.32 Å². The number of hydrogen-bond donors (Lipinski definition) is 1. The highest BCUT2D eigenvalue weighted by molar-refractivity contribution is 9.10. The lowest BCUT2D eigenvalue weighted by Gasteiger charge is -2.12. The number of allylic oxidation sites excluding steroid dienone is 1. The lowest BCUT2D eigenvalue weighted by atomic mass is 10.1. The minimum absolute atomic E-state index is 0.708. The van der Waals surface area contributed by atoms with Gasteiger partial charge in [0, 0.05) is 32.1 Å². The van der Waals surface area contributed by atoms with Crippen LogP contribution in [0, 0.1) is 13.8 Å². The van der Waals surface area contributed by atoms with Gasteiger partial charge in [0.2, 0.25) is 0 Å².